The lowest BCUT2D eigenvalue weighted by Crippen LogP contribution is -2.30. The number of allylic oxidation sites excluding steroid dienone is 2. The number of aliphatic hydroxyl groups excluding tert-OH is 1. The lowest BCUT2D eigenvalue weighted by atomic mass is 9.98. The maximum absolute atomic E-state index is 10.9. The van der Waals surface area contributed by atoms with Gasteiger partial charge in [-0.3, -0.25) is 0 Å². The van der Waals surface area contributed by atoms with Gasteiger partial charge in [-0.25, -0.2) is 0 Å². The SMILES string of the molecule is C=CC1CCCC1=C(C(O)c1ccccc1)[Si](C)(C)C. The van der Waals surface area contributed by atoms with Crippen LogP contribution in [0, 0.1) is 5.92 Å². The summed E-state index contributed by atoms with van der Waals surface area (Å²) in [6, 6.07) is 10.1. The summed E-state index contributed by atoms with van der Waals surface area (Å²) in [5.74, 6) is 0.468. The van der Waals surface area contributed by atoms with Gasteiger partial charge in [-0.15, -0.1) is 6.58 Å². The first-order chi connectivity index (χ1) is 9.45. The zero-order valence-corrected chi connectivity index (χ0v) is 13.9. The maximum atomic E-state index is 10.9. The second-order valence-electron chi connectivity index (χ2n) is 6.74. The minimum Gasteiger partial charge on any atom is -0.384 e. The van der Waals surface area contributed by atoms with E-state index in [9.17, 15) is 5.11 Å². The molecule has 2 atom stereocenters. The van der Waals surface area contributed by atoms with E-state index in [-0.39, 0.29) is 0 Å². The Balaban J connectivity index is 2.49. The largest absolute Gasteiger partial charge is 0.384 e. The summed E-state index contributed by atoms with van der Waals surface area (Å²) in [5.41, 5.74) is 2.49. The number of hydrogen-bond acceptors (Lipinski definition) is 1. The van der Waals surface area contributed by atoms with Crippen LogP contribution in [0.4, 0.5) is 0 Å². The molecule has 1 N–H and O–H groups in total. The van der Waals surface area contributed by atoms with Gasteiger partial charge in [0.1, 0.15) is 0 Å². The topological polar surface area (TPSA) is 20.2 Å². The summed E-state index contributed by atoms with van der Waals surface area (Å²) in [6.07, 6.45) is 5.16. The van der Waals surface area contributed by atoms with Gasteiger partial charge in [0.05, 0.1) is 14.2 Å². The number of hydrogen-bond donors (Lipinski definition) is 1. The van der Waals surface area contributed by atoms with Crippen molar-refractivity contribution in [3.63, 3.8) is 0 Å². The summed E-state index contributed by atoms with van der Waals surface area (Å²) < 4.78 is 0. The van der Waals surface area contributed by atoms with Gasteiger partial charge in [-0.1, -0.05) is 61.6 Å². The van der Waals surface area contributed by atoms with Gasteiger partial charge in [0.15, 0.2) is 0 Å². The predicted octanol–water partition coefficient (Wildman–Crippen LogP) is 4.88. The molecule has 2 unspecified atom stereocenters. The molecule has 0 bridgehead atoms. The van der Waals surface area contributed by atoms with Crippen molar-refractivity contribution in [2.45, 2.75) is 45.0 Å². The van der Waals surface area contributed by atoms with Crippen molar-refractivity contribution < 1.29 is 5.11 Å². The molecule has 108 valence electrons. The average Bonchev–Trinajstić information content (AvgIpc) is 2.86. The summed E-state index contributed by atoms with van der Waals surface area (Å²) in [7, 11) is -1.57. The van der Waals surface area contributed by atoms with Crippen LogP contribution in [0.2, 0.25) is 19.6 Å². The van der Waals surface area contributed by atoms with Gasteiger partial charge < -0.3 is 5.11 Å². The van der Waals surface area contributed by atoms with Gasteiger partial charge in [0.25, 0.3) is 0 Å². The van der Waals surface area contributed by atoms with Gasteiger partial charge in [-0.2, -0.15) is 0 Å². The summed E-state index contributed by atoms with van der Waals surface area (Å²) in [4.78, 5) is 0. The molecule has 2 rings (SSSR count). The highest BCUT2D eigenvalue weighted by atomic mass is 28.3. The van der Waals surface area contributed by atoms with Crippen molar-refractivity contribution in [3.8, 4) is 0 Å². The molecule has 0 aromatic heterocycles. The zero-order valence-electron chi connectivity index (χ0n) is 12.9. The first-order valence-corrected chi connectivity index (χ1v) is 11.0. The van der Waals surface area contributed by atoms with Crippen LogP contribution >= 0.6 is 0 Å². The molecule has 0 spiro atoms. The normalized spacial score (nSPS) is 23.5. The Labute approximate surface area is 124 Å². The van der Waals surface area contributed by atoms with Crippen molar-refractivity contribution in [2.24, 2.45) is 5.92 Å². The highest BCUT2D eigenvalue weighted by molar-refractivity contribution is 6.83. The third-order valence-electron chi connectivity index (χ3n) is 4.24. The zero-order chi connectivity index (χ0) is 14.8. The molecular formula is C18H26OSi. The van der Waals surface area contributed by atoms with E-state index in [1.165, 1.54) is 23.6 Å². The van der Waals surface area contributed by atoms with E-state index in [4.69, 9.17) is 0 Å². The summed E-state index contributed by atoms with van der Waals surface area (Å²) >= 11 is 0. The van der Waals surface area contributed by atoms with E-state index in [2.05, 4.69) is 32.3 Å². The molecule has 0 radical (unpaired) electrons. The van der Waals surface area contributed by atoms with E-state index < -0.39 is 14.2 Å². The van der Waals surface area contributed by atoms with Crippen molar-refractivity contribution in [3.05, 3.63) is 59.3 Å². The maximum Gasteiger partial charge on any atom is 0.0969 e. The summed E-state index contributed by atoms with van der Waals surface area (Å²) in [5, 5.41) is 12.3. The van der Waals surface area contributed by atoms with E-state index >= 15 is 0 Å². The Morgan fingerprint density at radius 1 is 1.30 bits per heavy atom. The van der Waals surface area contributed by atoms with E-state index in [1.807, 2.05) is 30.3 Å². The van der Waals surface area contributed by atoms with Crippen LogP contribution in [0.15, 0.2) is 53.8 Å². The number of rotatable bonds is 4. The predicted molar refractivity (Wildman–Crippen MR) is 89.3 cm³/mol. The molecule has 0 amide bonds. The van der Waals surface area contributed by atoms with Crippen molar-refractivity contribution >= 4 is 8.07 Å². The molecule has 1 nitrogen and oxygen atoms in total. The van der Waals surface area contributed by atoms with E-state index in [1.54, 1.807) is 0 Å². The molecule has 1 saturated carbocycles. The van der Waals surface area contributed by atoms with Crippen molar-refractivity contribution in [2.75, 3.05) is 0 Å². The lowest BCUT2D eigenvalue weighted by molar-refractivity contribution is 0.220. The number of aliphatic hydroxyl groups is 1. The highest BCUT2D eigenvalue weighted by Gasteiger charge is 2.33. The molecule has 1 aliphatic carbocycles. The van der Waals surface area contributed by atoms with Gasteiger partial charge >= 0.3 is 0 Å². The smallest absolute Gasteiger partial charge is 0.0969 e. The van der Waals surface area contributed by atoms with E-state index in [0.717, 1.165) is 12.0 Å². The molecule has 0 saturated heterocycles. The molecule has 1 aromatic carbocycles. The molecule has 0 aliphatic heterocycles. The standard InChI is InChI=1S/C18H26OSi/c1-5-14-12-9-13-16(14)18(20(2,3)4)17(19)15-10-7-6-8-11-15/h5-8,10-11,14,17,19H,1,9,12-13H2,2-4H3. The monoisotopic (exact) mass is 286 g/mol. The molecular weight excluding hydrogens is 260 g/mol. The van der Waals surface area contributed by atoms with Crippen molar-refractivity contribution in [1.29, 1.82) is 0 Å². The van der Waals surface area contributed by atoms with Crippen LogP contribution in [-0.2, 0) is 0 Å². The Kier molecular flexibility index (Phi) is 4.66. The summed E-state index contributed by atoms with van der Waals surface area (Å²) in [6.45, 7) is 11.0. The minimum absolute atomic E-state index is 0.446. The third kappa shape index (κ3) is 3.13. The van der Waals surface area contributed by atoms with Gasteiger partial charge in [0.2, 0.25) is 0 Å². The Hall–Kier alpha value is -1.12. The molecule has 20 heavy (non-hydrogen) atoms. The van der Waals surface area contributed by atoms with Crippen LogP contribution < -0.4 is 0 Å². The first kappa shape index (κ1) is 15.3. The van der Waals surface area contributed by atoms with Crippen LogP contribution in [0.1, 0.15) is 30.9 Å². The third-order valence-corrected chi connectivity index (χ3v) is 6.45. The van der Waals surface area contributed by atoms with Crippen LogP contribution in [-0.4, -0.2) is 13.2 Å². The fourth-order valence-electron chi connectivity index (χ4n) is 3.34. The molecule has 1 aromatic rings. The van der Waals surface area contributed by atoms with Gasteiger partial charge in [0, 0.05) is 0 Å². The minimum atomic E-state index is -1.57. The Bertz CT molecular complexity index is 496. The second kappa shape index (κ2) is 6.11. The quantitative estimate of drug-likeness (QED) is 0.618. The number of benzene rings is 1. The fourth-order valence-corrected chi connectivity index (χ4v) is 5.60. The molecule has 1 fully saturated rings. The first-order valence-electron chi connectivity index (χ1n) is 7.54. The molecule has 2 heteroatoms. The lowest BCUT2D eigenvalue weighted by Gasteiger charge is -2.30. The highest BCUT2D eigenvalue weighted by Crippen LogP contribution is 2.41. The van der Waals surface area contributed by atoms with Crippen LogP contribution in [0.3, 0.4) is 0 Å². The van der Waals surface area contributed by atoms with Crippen molar-refractivity contribution in [1.82, 2.24) is 0 Å². The van der Waals surface area contributed by atoms with Crippen LogP contribution in [0.5, 0.6) is 0 Å². The Morgan fingerprint density at radius 2 is 1.95 bits per heavy atom. The second-order valence-corrected chi connectivity index (χ2v) is 11.8. The van der Waals surface area contributed by atoms with E-state index in [0.29, 0.717) is 5.92 Å². The fraction of sp³-hybridized carbons (Fsp3) is 0.444. The van der Waals surface area contributed by atoms with Gasteiger partial charge in [-0.05, 0) is 35.9 Å². The molecule has 0 heterocycles. The Morgan fingerprint density at radius 3 is 2.50 bits per heavy atom. The average molecular weight is 286 g/mol. The van der Waals surface area contributed by atoms with Crippen LogP contribution in [0.25, 0.3) is 0 Å². The molecule has 1 aliphatic rings.